The average molecular weight is 286 g/mol. The first kappa shape index (κ1) is 15.9. The van der Waals surface area contributed by atoms with E-state index in [1.54, 1.807) is 6.07 Å². The summed E-state index contributed by atoms with van der Waals surface area (Å²) in [6.45, 7) is 4.57. The Balaban J connectivity index is 2.98. The van der Waals surface area contributed by atoms with E-state index in [4.69, 9.17) is 5.73 Å². The fourth-order valence-electron chi connectivity index (χ4n) is 1.67. The summed E-state index contributed by atoms with van der Waals surface area (Å²) in [4.78, 5) is 5.78. The monoisotopic (exact) mass is 286 g/mol. The van der Waals surface area contributed by atoms with Gasteiger partial charge >= 0.3 is 0 Å². The van der Waals surface area contributed by atoms with Crippen LogP contribution in [0.15, 0.2) is 23.2 Å². The number of rotatable bonds is 6. The van der Waals surface area contributed by atoms with Crippen LogP contribution in [0.1, 0.15) is 13.8 Å². The van der Waals surface area contributed by atoms with Crippen molar-refractivity contribution in [3.05, 3.63) is 18.3 Å². The van der Waals surface area contributed by atoms with Gasteiger partial charge in [-0.2, -0.15) is 0 Å². The Labute approximate surface area is 115 Å². The number of nitrogens with zero attached hydrogens (tertiary/aromatic N) is 2. The minimum absolute atomic E-state index is 0.0161. The van der Waals surface area contributed by atoms with Crippen molar-refractivity contribution in [3.63, 3.8) is 0 Å². The van der Waals surface area contributed by atoms with Gasteiger partial charge in [-0.05, 0) is 32.1 Å². The van der Waals surface area contributed by atoms with E-state index in [2.05, 4.69) is 9.71 Å². The lowest BCUT2D eigenvalue weighted by atomic mass is 10.1. The number of likely N-dealkylation sites (N-methyl/N-ethyl adjacent to an activating group) is 1. The summed E-state index contributed by atoms with van der Waals surface area (Å²) in [5, 5.41) is 0. The third-order valence-electron chi connectivity index (χ3n) is 2.76. The molecule has 3 N–H and O–H groups in total. The highest BCUT2D eigenvalue weighted by Crippen LogP contribution is 2.16. The Hall–Kier alpha value is -1.18. The summed E-state index contributed by atoms with van der Waals surface area (Å²) in [6.07, 6.45) is 1.47. The van der Waals surface area contributed by atoms with Gasteiger partial charge in [-0.15, -0.1) is 0 Å². The number of nitrogen functional groups attached to an aromatic ring is 1. The van der Waals surface area contributed by atoms with Crippen molar-refractivity contribution in [2.24, 2.45) is 5.92 Å². The fraction of sp³-hybridized carbons (Fsp3) is 0.583. The van der Waals surface area contributed by atoms with Crippen molar-refractivity contribution in [2.45, 2.75) is 24.8 Å². The summed E-state index contributed by atoms with van der Waals surface area (Å²) < 4.78 is 27.3. The molecule has 0 aromatic carbocycles. The van der Waals surface area contributed by atoms with Gasteiger partial charge in [0.05, 0.1) is 0 Å². The second-order valence-corrected chi connectivity index (χ2v) is 6.80. The van der Waals surface area contributed by atoms with E-state index in [9.17, 15) is 8.42 Å². The Morgan fingerprint density at radius 1 is 1.42 bits per heavy atom. The molecule has 19 heavy (non-hydrogen) atoms. The standard InChI is InChI=1S/C12H22N4O2S/c1-9(2)10(8-16(3)4)15-19(17,18)11-6-5-7-14-12(11)13/h5-7,9-10,15H,8H2,1-4H3,(H2,13,14). The quantitative estimate of drug-likeness (QED) is 0.796. The van der Waals surface area contributed by atoms with Crippen LogP contribution in [0.25, 0.3) is 0 Å². The SMILES string of the molecule is CC(C)C(CN(C)C)NS(=O)(=O)c1cccnc1N. The van der Waals surface area contributed by atoms with Crippen molar-refractivity contribution < 1.29 is 8.42 Å². The molecular formula is C12H22N4O2S. The van der Waals surface area contributed by atoms with E-state index in [1.807, 2.05) is 32.8 Å². The zero-order chi connectivity index (χ0) is 14.6. The molecule has 0 aliphatic heterocycles. The second kappa shape index (κ2) is 6.31. The van der Waals surface area contributed by atoms with Crippen LogP contribution in [0.3, 0.4) is 0 Å². The average Bonchev–Trinajstić information content (AvgIpc) is 2.27. The molecule has 0 aliphatic carbocycles. The van der Waals surface area contributed by atoms with E-state index in [0.717, 1.165) is 0 Å². The minimum atomic E-state index is -3.64. The summed E-state index contributed by atoms with van der Waals surface area (Å²) in [5.41, 5.74) is 5.62. The maximum absolute atomic E-state index is 12.3. The van der Waals surface area contributed by atoms with Crippen LogP contribution in [0.5, 0.6) is 0 Å². The van der Waals surface area contributed by atoms with E-state index >= 15 is 0 Å². The van der Waals surface area contributed by atoms with Gasteiger partial charge in [0.25, 0.3) is 0 Å². The number of hydrogen-bond donors (Lipinski definition) is 2. The number of nitrogens with one attached hydrogen (secondary N) is 1. The van der Waals surface area contributed by atoms with E-state index < -0.39 is 10.0 Å². The summed E-state index contributed by atoms with van der Waals surface area (Å²) in [5.74, 6) is 0.192. The van der Waals surface area contributed by atoms with Crippen LogP contribution in [0, 0.1) is 5.92 Å². The van der Waals surface area contributed by atoms with Crippen molar-refractivity contribution in [2.75, 3.05) is 26.4 Å². The number of aromatic nitrogens is 1. The third kappa shape index (κ3) is 4.45. The molecule has 1 rings (SSSR count). The maximum atomic E-state index is 12.3. The molecule has 1 aromatic rings. The van der Waals surface area contributed by atoms with Crippen molar-refractivity contribution in [3.8, 4) is 0 Å². The molecule has 1 aromatic heterocycles. The summed E-state index contributed by atoms with van der Waals surface area (Å²) >= 11 is 0. The molecule has 0 radical (unpaired) electrons. The summed E-state index contributed by atoms with van der Waals surface area (Å²) in [6, 6.07) is 2.83. The molecule has 1 heterocycles. The molecule has 0 fully saturated rings. The maximum Gasteiger partial charge on any atom is 0.244 e. The molecule has 0 amide bonds. The molecule has 0 saturated heterocycles. The van der Waals surface area contributed by atoms with E-state index in [1.165, 1.54) is 12.3 Å². The normalized spacial score (nSPS) is 14.0. The first-order valence-electron chi connectivity index (χ1n) is 6.11. The Morgan fingerprint density at radius 3 is 2.53 bits per heavy atom. The van der Waals surface area contributed by atoms with Crippen LogP contribution in [0.4, 0.5) is 5.82 Å². The van der Waals surface area contributed by atoms with Gasteiger partial charge in [0.2, 0.25) is 10.0 Å². The molecule has 0 saturated carbocycles. The molecular weight excluding hydrogens is 264 g/mol. The highest BCUT2D eigenvalue weighted by molar-refractivity contribution is 7.89. The van der Waals surface area contributed by atoms with Crippen LogP contribution < -0.4 is 10.5 Å². The predicted molar refractivity (Wildman–Crippen MR) is 76.2 cm³/mol. The van der Waals surface area contributed by atoms with Crippen molar-refractivity contribution in [1.82, 2.24) is 14.6 Å². The van der Waals surface area contributed by atoms with Gasteiger partial charge in [-0.25, -0.2) is 18.1 Å². The molecule has 1 atom stereocenters. The number of hydrogen-bond acceptors (Lipinski definition) is 5. The molecule has 0 spiro atoms. The lowest BCUT2D eigenvalue weighted by Crippen LogP contribution is -2.45. The zero-order valence-corrected chi connectivity index (χ0v) is 12.6. The van der Waals surface area contributed by atoms with Gasteiger partial charge in [-0.1, -0.05) is 13.8 Å². The topological polar surface area (TPSA) is 88.3 Å². The highest BCUT2D eigenvalue weighted by atomic mass is 32.2. The first-order valence-corrected chi connectivity index (χ1v) is 7.60. The number of nitrogens with two attached hydrogens (primary N) is 1. The van der Waals surface area contributed by atoms with Crippen molar-refractivity contribution >= 4 is 15.8 Å². The molecule has 0 aliphatic rings. The fourth-order valence-corrected chi connectivity index (χ4v) is 3.13. The number of anilines is 1. The van der Waals surface area contributed by atoms with Gasteiger partial charge in [0, 0.05) is 18.8 Å². The smallest absolute Gasteiger partial charge is 0.244 e. The largest absolute Gasteiger partial charge is 0.383 e. The zero-order valence-electron chi connectivity index (χ0n) is 11.8. The van der Waals surface area contributed by atoms with Gasteiger partial charge in [-0.3, -0.25) is 0 Å². The van der Waals surface area contributed by atoms with Crippen LogP contribution in [-0.2, 0) is 10.0 Å². The molecule has 7 heteroatoms. The van der Waals surface area contributed by atoms with Gasteiger partial charge < -0.3 is 10.6 Å². The van der Waals surface area contributed by atoms with Gasteiger partial charge in [0.15, 0.2) is 0 Å². The summed E-state index contributed by atoms with van der Waals surface area (Å²) in [7, 11) is 0.165. The Morgan fingerprint density at radius 2 is 2.05 bits per heavy atom. The molecule has 6 nitrogen and oxygen atoms in total. The molecule has 0 bridgehead atoms. The second-order valence-electron chi connectivity index (χ2n) is 5.12. The van der Waals surface area contributed by atoms with Crippen LogP contribution >= 0.6 is 0 Å². The third-order valence-corrected chi connectivity index (χ3v) is 4.30. The number of sulfonamides is 1. The highest BCUT2D eigenvalue weighted by Gasteiger charge is 2.24. The first-order chi connectivity index (χ1) is 8.74. The van der Waals surface area contributed by atoms with Crippen LogP contribution in [0.2, 0.25) is 0 Å². The Bertz CT molecular complexity index is 514. The van der Waals surface area contributed by atoms with E-state index in [-0.39, 0.29) is 22.7 Å². The Kier molecular flexibility index (Phi) is 5.28. The number of pyridine rings is 1. The van der Waals surface area contributed by atoms with Gasteiger partial charge in [0.1, 0.15) is 10.7 Å². The lowest BCUT2D eigenvalue weighted by molar-refractivity contribution is 0.314. The van der Waals surface area contributed by atoms with Crippen LogP contribution in [-0.4, -0.2) is 45.0 Å². The predicted octanol–water partition coefficient (Wildman–Crippen LogP) is 0.528. The lowest BCUT2D eigenvalue weighted by Gasteiger charge is -2.25. The molecule has 1 unspecified atom stereocenters. The minimum Gasteiger partial charge on any atom is -0.383 e. The van der Waals surface area contributed by atoms with Crippen molar-refractivity contribution in [1.29, 1.82) is 0 Å². The van der Waals surface area contributed by atoms with E-state index in [0.29, 0.717) is 6.54 Å². The molecule has 108 valence electrons.